The molecule has 0 rings (SSSR count). The zero-order valence-electron chi connectivity index (χ0n) is 12.6. The fourth-order valence-corrected chi connectivity index (χ4v) is 1.66. The first-order chi connectivity index (χ1) is 8.81. The summed E-state index contributed by atoms with van der Waals surface area (Å²) in [7, 11) is 0. The highest BCUT2D eigenvalue weighted by atomic mass is 16.3. The topological polar surface area (TPSA) is 81.6 Å². The molecule has 0 saturated carbocycles. The Kier molecular flexibility index (Phi) is 9.83. The van der Waals surface area contributed by atoms with Crippen LogP contribution in [0.1, 0.15) is 47.0 Å². The summed E-state index contributed by atoms with van der Waals surface area (Å²) in [4.78, 5) is 11.5. The fraction of sp³-hybridized carbons (Fsp3) is 0.929. The van der Waals surface area contributed by atoms with Gasteiger partial charge in [-0.2, -0.15) is 0 Å². The van der Waals surface area contributed by atoms with Crippen LogP contribution in [0.3, 0.4) is 0 Å². The number of rotatable bonds is 10. The highest BCUT2D eigenvalue weighted by molar-refractivity contribution is 5.76. The summed E-state index contributed by atoms with van der Waals surface area (Å²) < 4.78 is 0. The number of hydrogen-bond donors (Lipinski definition) is 4. The van der Waals surface area contributed by atoms with E-state index in [4.69, 9.17) is 0 Å². The second-order valence-corrected chi connectivity index (χ2v) is 5.84. The largest absolute Gasteiger partial charge is 0.393 e. The Morgan fingerprint density at radius 2 is 1.74 bits per heavy atom. The van der Waals surface area contributed by atoms with Crippen molar-refractivity contribution in [2.45, 2.75) is 65.2 Å². The van der Waals surface area contributed by atoms with Crippen LogP contribution in [0.25, 0.3) is 0 Å². The van der Waals surface area contributed by atoms with E-state index in [1.165, 1.54) is 0 Å². The average molecular weight is 274 g/mol. The number of amides is 1. The first-order valence-electron chi connectivity index (χ1n) is 7.17. The van der Waals surface area contributed by atoms with Crippen molar-refractivity contribution in [3.8, 4) is 0 Å². The van der Waals surface area contributed by atoms with Gasteiger partial charge in [0, 0.05) is 12.6 Å². The van der Waals surface area contributed by atoms with Crippen molar-refractivity contribution in [3.63, 3.8) is 0 Å². The molecule has 0 heterocycles. The van der Waals surface area contributed by atoms with Crippen molar-refractivity contribution in [2.24, 2.45) is 5.92 Å². The summed E-state index contributed by atoms with van der Waals surface area (Å²) in [6, 6.07) is 0.388. The van der Waals surface area contributed by atoms with E-state index in [0.29, 0.717) is 31.5 Å². The maximum absolute atomic E-state index is 11.5. The first kappa shape index (κ1) is 18.4. The van der Waals surface area contributed by atoms with Crippen molar-refractivity contribution < 1.29 is 15.0 Å². The monoisotopic (exact) mass is 274 g/mol. The molecule has 0 aliphatic rings. The predicted octanol–water partition coefficient (Wildman–Crippen LogP) is 0.649. The number of hydrogen-bond acceptors (Lipinski definition) is 4. The summed E-state index contributed by atoms with van der Waals surface area (Å²) in [5.41, 5.74) is 0. The van der Waals surface area contributed by atoms with Crippen molar-refractivity contribution in [1.29, 1.82) is 0 Å². The first-order valence-corrected chi connectivity index (χ1v) is 7.17. The molecule has 0 aliphatic carbocycles. The molecule has 1 amide bonds. The van der Waals surface area contributed by atoms with Gasteiger partial charge in [-0.1, -0.05) is 27.7 Å². The third kappa shape index (κ3) is 12.1. The van der Waals surface area contributed by atoms with Crippen LogP contribution in [0.2, 0.25) is 0 Å². The molecule has 0 bridgehead atoms. The second kappa shape index (κ2) is 10.2. The van der Waals surface area contributed by atoms with Gasteiger partial charge in [0.1, 0.15) is 0 Å². The number of carbonyl (C=O) groups excluding carboxylic acids is 1. The van der Waals surface area contributed by atoms with Crippen molar-refractivity contribution >= 4 is 5.91 Å². The van der Waals surface area contributed by atoms with Crippen molar-refractivity contribution in [2.75, 3.05) is 13.1 Å². The van der Waals surface area contributed by atoms with E-state index in [1.807, 2.05) is 27.7 Å². The Hall–Kier alpha value is -0.650. The van der Waals surface area contributed by atoms with Gasteiger partial charge in [-0.25, -0.2) is 0 Å². The smallest absolute Gasteiger partial charge is 0.222 e. The highest BCUT2D eigenvalue weighted by Crippen LogP contribution is 2.06. The molecule has 0 aromatic carbocycles. The Bertz CT molecular complexity index is 245. The molecule has 114 valence electrons. The van der Waals surface area contributed by atoms with Gasteiger partial charge in [-0.15, -0.1) is 0 Å². The van der Waals surface area contributed by atoms with Crippen LogP contribution >= 0.6 is 0 Å². The molecule has 0 saturated heterocycles. The molecule has 0 spiro atoms. The standard InChI is InChI=1S/C14H30N2O3/c1-10(2)9-16-14(19)8-13(18)7-12(17)5-6-15-11(3)4/h10-13,15,17-18H,5-9H2,1-4H3,(H,16,19). The molecule has 2 unspecified atom stereocenters. The number of aliphatic hydroxyl groups is 2. The Morgan fingerprint density at radius 3 is 2.26 bits per heavy atom. The molecular weight excluding hydrogens is 244 g/mol. The number of carbonyl (C=O) groups is 1. The van der Waals surface area contributed by atoms with Gasteiger partial charge < -0.3 is 20.8 Å². The third-order valence-electron chi connectivity index (χ3n) is 2.70. The van der Waals surface area contributed by atoms with E-state index in [1.54, 1.807) is 0 Å². The maximum atomic E-state index is 11.5. The normalized spacial score (nSPS) is 14.7. The van der Waals surface area contributed by atoms with E-state index >= 15 is 0 Å². The molecule has 4 N–H and O–H groups in total. The third-order valence-corrected chi connectivity index (χ3v) is 2.70. The lowest BCUT2D eigenvalue weighted by molar-refractivity contribution is -0.123. The van der Waals surface area contributed by atoms with Crippen LogP contribution in [0.4, 0.5) is 0 Å². The molecule has 0 aliphatic heterocycles. The van der Waals surface area contributed by atoms with E-state index in [0.717, 1.165) is 0 Å². The minimum atomic E-state index is -0.777. The van der Waals surface area contributed by atoms with Gasteiger partial charge in [0.15, 0.2) is 0 Å². The molecule has 0 aromatic heterocycles. The lowest BCUT2D eigenvalue weighted by Crippen LogP contribution is -2.32. The Labute approximate surface area is 116 Å². The molecular formula is C14H30N2O3. The maximum Gasteiger partial charge on any atom is 0.222 e. The van der Waals surface area contributed by atoms with Crippen LogP contribution in [-0.4, -0.2) is 47.5 Å². The predicted molar refractivity (Wildman–Crippen MR) is 76.9 cm³/mol. The SMILES string of the molecule is CC(C)CNC(=O)CC(O)CC(O)CCNC(C)C. The van der Waals surface area contributed by atoms with E-state index < -0.39 is 12.2 Å². The Balaban J connectivity index is 3.71. The van der Waals surface area contributed by atoms with Crippen molar-refractivity contribution in [3.05, 3.63) is 0 Å². The minimum absolute atomic E-state index is 0.0569. The number of nitrogens with one attached hydrogen (secondary N) is 2. The number of aliphatic hydroxyl groups excluding tert-OH is 2. The van der Waals surface area contributed by atoms with Gasteiger partial charge >= 0.3 is 0 Å². The second-order valence-electron chi connectivity index (χ2n) is 5.84. The van der Waals surface area contributed by atoms with E-state index in [9.17, 15) is 15.0 Å². The molecule has 0 radical (unpaired) electrons. The molecule has 0 fully saturated rings. The summed E-state index contributed by atoms with van der Waals surface area (Å²) >= 11 is 0. The van der Waals surface area contributed by atoms with Gasteiger partial charge in [-0.3, -0.25) is 4.79 Å². The Morgan fingerprint density at radius 1 is 1.11 bits per heavy atom. The lowest BCUT2D eigenvalue weighted by Gasteiger charge is -2.17. The quantitative estimate of drug-likeness (QED) is 0.471. The summed E-state index contributed by atoms with van der Waals surface area (Å²) in [5.74, 6) is 0.238. The lowest BCUT2D eigenvalue weighted by atomic mass is 10.1. The van der Waals surface area contributed by atoms with E-state index in [-0.39, 0.29) is 18.7 Å². The van der Waals surface area contributed by atoms with Crippen LogP contribution < -0.4 is 10.6 Å². The molecule has 0 aromatic rings. The fourth-order valence-electron chi connectivity index (χ4n) is 1.66. The highest BCUT2D eigenvalue weighted by Gasteiger charge is 2.15. The summed E-state index contributed by atoms with van der Waals surface area (Å²) in [6.07, 6.45) is -0.459. The molecule has 2 atom stereocenters. The van der Waals surface area contributed by atoms with Gasteiger partial charge in [0.2, 0.25) is 5.91 Å². The average Bonchev–Trinajstić information content (AvgIpc) is 2.25. The molecule has 5 nitrogen and oxygen atoms in total. The molecule has 19 heavy (non-hydrogen) atoms. The molecule has 5 heteroatoms. The van der Waals surface area contributed by atoms with Crippen LogP contribution in [0.15, 0.2) is 0 Å². The van der Waals surface area contributed by atoms with E-state index in [2.05, 4.69) is 10.6 Å². The van der Waals surface area contributed by atoms with Gasteiger partial charge in [-0.05, 0) is 25.3 Å². The zero-order chi connectivity index (χ0) is 14.8. The van der Waals surface area contributed by atoms with Crippen LogP contribution in [0.5, 0.6) is 0 Å². The van der Waals surface area contributed by atoms with Gasteiger partial charge in [0.25, 0.3) is 0 Å². The van der Waals surface area contributed by atoms with Gasteiger partial charge in [0.05, 0.1) is 18.6 Å². The summed E-state index contributed by atoms with van der Waals surface area (Å²) in [5, 5.41) is 25.4. The zero-order valence-corrected chi connectivity index (χ0v) is 12.6. The van der Waals surface area contributed by atoms with Crippen LogP contribution in [0, 0.1) is 5.92 Å². The van der Waals surface area contributed by atoms with Crippen molar-refractivity contribution in [1.82, 2.24) is 10.6 Å². The summed E-state index contributed by atoms with van der Waals surface area (Å²) in [6.45, 7) is 9.45. The minimum Gasteiger partial charge on any atom is -0.393 e. The van der Waals surface area contributed by atoms with Crippen LogP contribution in [-0.2, 0) is 4.79 Å².